The topological polar surface area (TPSA) is 55.6 Å². The van der Waals surface area contributed by atoms with Crippen LogP contribution in [-0.2, 0) is 4.74 Å². The molecular formula is C12H22N2O2. The highest BCUT2D eigenvalue weighted by atomic mass is 16.6. The zero-order valence-corrected chi connectivity index (χ0v) is 10.6. The van der Waals surface area contributed by atoms with Gasteiger partial charge in [0.15, 0.2) is 0 Å². The van der Waals surface area contributed by atoms with E-state index in [0.29, 0.717) is 17.9 Å². The van der Waals surface area contributed by atoms with Gasteiger partial charge in [-0.25, -0.2) is 4.79 Å². The summed E-state index contributed by atoms with van der Waals surface area (Å²) in [6, 6.07) is 0.496. The van der Waals surface area contributed by atoms with Crippen LogP contribution in [0.3, 0.4) is 0 Å². The molecule has 0 aromatic heterocycles. The van der Waals surface area contributed by atoms with Crippen molar-refractivity contribution in [3.8, 4) is 0 Å². The SMILES string of the molecule is C[C@@H](N)[C@H]1[C@@H]2C[C@@H]1N(C(=O)OC(C)(C)C)C2. The minimum absolute atomic E-state index is 0.177. The lowest BCUT2D eigenvalue weighted by Gasteiger charge is -2.39. The molecule has 4 atom stereocenters. The molecule has 3 rings (SSSR count). The molecule has 0 spiro atoms. The third-order valence-electron chi connectivity index (χ3n) is 3.60. The molecule has 1 saturated carbocycles. The maximum Gasteiger partial charge on any atom is 0.410 e. The van der Waals surface area contributed by atoms with E-state index < -0.39 is 5.60 Å². The Balaban J connectivity index is 1.96. The molecule has 2 bridgehead atoms. The second-order valence-corrected chi connectivity index (χ2v) is 6.13. The monoisotopic (exact) mass is 226 g/mol. The maximum absolute atomic E-state index is 11.9. The average molecular weight is 226 g/mol. The molecule has 2 aliphatic heterocycles. The number of fused-ring (bicyclic) bond motifs is 1. The number of hydrogen-bond donors (Lipinski definition) is 1. The molecule has 0 unspecified atom stereocenters. The highest BCUT2D eigenvalue weighted by Gasteiger charge is 2.55. The minimum Gasteiger partial charge on any atom is -0.444 e. The van der Waals surface area contributed by atoms with E-state index in [4.69, 9.17) is 10.5 Å². The highest BCUT2D eigenvalue weighted by Crippen LogP contribution is 2.47. The van der Waals surface area contributed by atoms with Crippen LogP contribution in [0.4, 0.5) is 4.79 Å². The standard InChI is InChI=1S/C12H22N2O2/c1-7(13)10-8-5-9(10)14(6-8)11(15)16-12(2,3)4/h7-10H,5-6,13H2,1-4H3/t7-,8-,9+,10+/m1/s1. The predicted octanol–water partition coefficient (Wildman–Crippen LogP) is 1.59. The molecule has 4 heteroatoms. The Bertz CT molecular complexity index is 296. The van der Waals surface area contributed by atoms with E-state index in [-0.39, 0.29) is 12.1 Å². The molecule has 3 fully saturated rings. The van der Waals surface area contributed by atoms with E-state index in [1.165, 1.54) is 0 Å². The molecule has 0 aromatic carbocycles. The maximum atomic E-state index is 11.9. The number of nitrogens with zero attached hydrogens (tertiary/aromatic N) is 1. The summed E-state index contributed by atoms with van der Waals surface area (Å²) in [4.78, 5) is 13.8. The molecule has 2 heterocycles. The van der Waals surface area contributed by atoms with Crippen molar-refractivity contribution >= 4 is 6.09 Å². The number of hydrogen-bond acceptors (Lipinski definition) is 3. The van der Waals surface area contributed by atoms with Crippen molar-refractivity contribution in [1.29, 1.82) is 0 Å². The smallest absolute Gasteiger partial charge is 0.410 e. The van der Waals surface area contributed by atoms with Gasteiger partial charge in [0.1, 0.15) is 5.60 Å². The Kier molecular flexibility index (Phi) is 2.65. The van der Waals surface area contributed by atoms with E-state index in [9.17, 15) is 4.79 Å². The van der Waals surface area contributed by atoms with Crippen molar-refractivity contribution in [3.05, 3.63) is 0 Å². The molecule has 0 radical (unpaired) electrons. The van der Waals surface area contributed by atoms with Crippen molar-refractivity contribution in [1.82, 2.24) is 4.90 Å². The Morgan fingerprint density at radius 3 is 2.56 bits per heavy atom. The van der Waals surface area contributed by atoms with Gasteiger partial charge in [0.25, 0.3) is 0 Å². The summed E-state index contributed by atoms with van der Waals surface area (Å²) >= 11 is 0. The molecule has 2 saturated heterocycles. The van der Waals surface area contributed by atoms with Crippen molar-refractivity contribution in [3.63, 3.8) is 0 Å². The lowest BCUT2D eigenvalue weighted by molar-refractivity contribution is 0.0191. The largest absolute Gasteiger partial charge is 0.444 e. The number of ether oxygens (including phenoxy) is 1. The summed E-state index contributed by atoms with van der Waals surface area (Å²) in [5, 5.41) is 0. The molecule has 1 amide bonds. The fraction of sp³-hybridized carbons (Fsp3) is 0.917. The van der Waals surface area contributed by atoms with Gasteiger partial charge >= 0.3 is 6.09 Å². The molecule has 0 aromatic rings. The van der Waals surface area contributed by atoms with Crippen LogP contribution >= 0.6 is 0 Å². The fourth-order valence-electron chi connectivity index (χ4n) is 2.97. The van der Waals surface area contributed by atoms with Crippen LogP contribution in [0.25, 0.3) is 0 Å². The van der Waals surface area contributed by atoms with Gasteiger partial charge in [0.2, 0.25) is 0 Å². The summed E-state index contributed by atoms with van der Waals surface area (Å²) < 4.78 is 5.39. The summed E-state index contributed by atoms with van der Waals surface area (Å²) in [7, 11) is 0. The first kappa shape index (κ1) is 11.7. The zero-order chi connectivity index (χ0) is 12.1. The average Bonchev–Trinajstić information content (AvgIpc) is 2.53. The summed E-state index contributed by atoms with van der Waals surface area (Å²) in [5.41, 5.74) is 5.52. The van der Waals surface area contributed by atoms with E-state index in [0.717, 1.165) is 13.0 Å². The molecule has 3 aliphatic rings. The van der Waals surface area contributed by atoms with Crippen LogP contribution in [-0.4, -0.2) is 35.2 Å². The lowest BCUT2D eigenvalue weighted by atomic mass is 9.70. The van der Waals surface area contributed by atoms with Crippen LogP contribution in [0.15, 0.2) is 0 Å². The van der Waals surface area contributed by atoms with Crippen molar-refractivity contribution in [2.45, 2.75) is 51.8 Å². The molecule has 16 heavy (non-hydrogen) atoms. The molecule has 1 aliphatic carbocycles. The zero-order valence-electron chi connectivity index (χ0n) is 10.6. The first-order valence-corrected chi connectivity index (χ1v) is 6.05. The first-order chi connectivity index (χ1) is 7.29. The van der Waals surface area contributed by atoms with Gasteiger partial charge in [-0.2, -0.15) is 0 Å². The third-order valence-corrected chi connectivity index (χ3v) is 3.60. The third kappa shape index (κ3) is 1.90. The van der Waals surface area contributed by atoms with Gasteiger partial charge < -0.3 is 15.4 Å². The van der Waals surface area contributed by atoms with Crippen LogP contribution < -0.4 is 5.73 Å². The normalized spacial score (nSPS) is 34.6. The van der Waals surface area contributed by atoms with Gasteiger partial charge in [0, 0.05) is 18.6 Å². The first-order valence-electron chi connectivity index (χ1n) is 6.05. The van der Waals surface area contributed by atoms with Crippen molar-refractivity contribution in [2.24, 2.45) is 17.6 Å². The van der Waals surface area contributed by atoms with E-state index in [1.54, 1.807) is 0 Å². The molecule has 2 N–H and O–H groups in total. The van der Waals surface area contributed by atoms with E-state index in [1.807, 2.05) is 32.6 Å². The molecule has 4 nitrogen and oxygen atoms in total. The Labute approximate surface area is 97.1 Å². The van der Waals surface area contributed by atoms with Crippen molar-refractivity contribution < 1.29 is 9.53 Å². The van der Waals surface area contributed by atoms with Crippen LogP contribution in [0.2, 0.25) is 0 Å². The summed E-state index contributed by atoms with van der Waals surface area (Å²) in [5.74, 6) is 1.07. The fourth-order valence-corrected chi connectivity index (χ4v) is 2.97. The molecule has 92 valence electrons. The second kappa shape index (κ2) is 3.62. The number of amides is 1. The number of rotatable bonds is 1. The van der Waals surface area contributed by atoms with Crippen LogP contribution in [0, 0.1) is 11.8 Å². The summed E-state index contributed by atoms with van der Waals surface area (Å²) in [6.45, 7) is 8.55. The van der Waals surface area contributed by atoms with Gasteiger partial charge in [0.05, 0.1) is 0 Å². The molecular weight excluding hydrogens is 204 g/mol. The summed E-state index contributed by atoms with van der Waals surface area (Å²) in [6.07, 6.45) is 0.925. The quantitative estimate of drug-likeness (QED) is 0.738. The van der Waals surface area contributed by atoms with Crippen LogP contribution in [0.1, 0.15) is 34.1 Å². The van der Waals surface area contributed by atoms with Gasteiger partial charge in [-0.05, 0) is 46.0 Å². The van der Waals surface area contributed by atoms with E-state index >= 15 is 0 Å². The lowest BCUT2D eigenvalue weighted by Crippen LogP contribution is -2.49. The number of carbonyl (C=O) groups excluding carboxylic acids is 1. The minimum atomic E-state index is -0.409. The van der Waals surface area contributed by atoms with E-state index in [2.05, 4.69) is 0 Å². The second-order valence-electron chi connectivity index (χ2n) is 6.13. The van der Waals surface area contributed by atoms with Gasteiger partial charge in [-0.3, -0.25) is 0 Å². The van der Waals surface area contributed by atoms with Gasteiger partial charge in [-0.1, -0.05) is 0 Å². The Morgan fingerprint density at radius 2 is 2.12 bits per heavy atom. The number of carbonyl (C=O) groups is 1. The Morgan fingerprint density at radius 1 is 1.50 bits per heavy atom. The van der Waals surface area contributed by atoms with Crippen LogP contribution in [0.5, 0.6) is 0 Å². The highest BCUT2D eigenvalue weighted by molar-refractivity contribution is 5.69. The predicted molar refractivity (Wildman–Crippen MR) is 62.0 cm³/mol. The van der Waals surface area contributed by atoms with Crippen molar-refractivity contribution in [2.75, 3.05) is 6.54 Å². The Hall–Kier alpha value is -0.770. The number of nitrogens with two attached hydrogens (primary N) is 1. The van der Waals surface area contributed by atoms with Gasteiger partial charge in [-0.15, -0.1) is 0 Å².